The highest BCUT2D eigenvalue weighted by Crippen LogP contribution is 2.48. The summed E-state index contributed by atoms with van der Waals surface area (Å²) in [6.07, 6.45) is 10.3. The van der Waals surface area contributed by atoms with E-state index in [-0.39, 0.29) is 5.97 Å². The maximum atomic E-state index is 12.8. The summed E-state index contributed by atoms with van der Waals surface area (Å²) >= 11 is 0. The molecule has 4 bridgehead atoms. The third kappa shape index (κ3) is 2.84. The lowest BCUT2D eigenvalue weighted by Gasteiger charge is -2.30. The number of carbonyl (C=O) groups excluding carboxylic acids is 1. The fraction of sp³-hybridized carbons (Fsp3) is 0.480. The maximum Gasteiger partial charge on any atom is 0.343 e. The predicted octanol–water partition coefficient (Wildman–Crippen LogP) is 5.17. The first-order valence-electron chi connectivity index (χ1n) is 11.3. The number of hydrogen-bond acceptors (Lipinski definition) is 4. The molecule has 0 aromatic heterocycles. The van der Waals surface area contributed by atoms with Crippen molar-refractivity contribution in [3.63, 3.8) is 0 Å². The Morgan fingerprint density at radius 2 is 1.28 bits per heavy atom. The molecule has 2 aromatic carbocycles. The van der Waals surface area contributed by atoms with Gasteiger partial charge in [0.15, 0.2) is 5.75 Å². The van der Waals surface area contributed by atoms with Crippen molar-refractivity contribution in [1.82, 2.24) is 0 Å². The largest absolute Gasteiger partial charge is 0.421 e. The zero-order valence-electron chi connectivity index (χ0n) is 16.8. The topological polar surface area (TPSA) is 32.8 Å². The lowest BCUT2D eigenvalue weighted by Crippen LogP contribution is -2.31. The predicted molar refractivity (Wildman–Crippen MR) is 115 cm³/mol. The van der Waals surface area contributed by atoms with Crippen LogP contribution in [0.3, 0.4) is 0 Å². The number of fused-ring (bicyclic) bond motifs is 4. The van der Waals surface area contributed by atoms with Crippen LogP contribution in [0, 0.1) is 0 Å². The molecule has 4 heteroatoms. The van der Waals surface area contributed by atoms with Gasteiger partial charge in [0, 0.05) is 29.9 Å². The van der Waals surface area contributed by atoms with Crippen LogP contribution in [0.2, 0.25) is 0 Å². The molecule has 4 saturated heterocycles. The molecule has 0 spiro atoms. The van der Waals surface area contributed by atoms with Gasteiger partial charge in [0.2, 0.25) is 0 Å². The molecule has 0 unspecified atom stereocenters. The zero-order valence-corrected chi connectivity index (χ0v) is 16.8. The van der Waals surface area contributed by atoms with Crippen LogP contribution in [0.15, 0.2) is 48.5 Å². The van der Waals surface area contributed by atoms with Gasteiger partial charge in [-0.3, -0.25) is 0 Å². The van der Waals surface area contributed by atoms with E-state index in [2.05, 4.69) is 21.9 Å². The molecule has 4 heterocycles. The summed E-state index contributed by atoms with van der Waals surface area (Å²) in [5, 5.41) is 0. The summed E-state index contributed by atoms with van der Waals surface area (Å²) < 4.78 is 5.96. The van der Waals surface area contributed by atoms with Crippen LogP contribution in [0.25, 0.3) is 0 Å². The lowest BCUT2D eigenvalue weighted by molar-refractivity contribution is 0.0735. The van der Waals surface area contributed by atoms with E-state index in [0.29, 0.717) is 35.5 Å². The van der Waals surface area contributed by atoms with E-state index in [1.807, 2.05) is 36.4 Å². The molecule has 0 saturated carbocycles. The number of benzene rings is 2. The molecule has 0 radical (unpaired) electrons. The van der Waals surface area contributed by atoms with Crippen molar-refractivity contribution in [3.8, 4) is 5.75 Å². The Morgan fingerprint density at radius 1 is 0.724 bits per heavy atom. The van der Waals surface area contributed by atoms with Gasteiger partial charge in [-0.05, 0) is 81.7 Å². The molecule has 0 atom stereocenters. The Labute approximate surface area is 172 Å². The highest BCUT2D eigenvalue weighted by Gasteiger charge is 2.42. The monoisotopic (exact) mass is 388 g/mol. The minimum Gasteiger partial charge on any atom is -0.421 e. The van der Waals surface area contributed by atoms with Crippen molar-refractivity contribution < 1.29 is 9.53 Å². The summed E-state index contributed by atoms with van der Waals surface area (Å²) in [6.45, 7) is 0. The molecule has 4 fully saturated rings. The van der Waals surface area contributed by atoms with Gasteiger partial charge in [-0.25, -0.2) is 4.79 Å². The van der Waals surface area contributed by atoms with Crippen molar-refractivity contribution in [2.45, 2.75) is 75.5 Å². The number of rotatable bonds is 4. The van der Waals surface area contributed by atoms with Crippen molar-refractivity contribution in [2.75, 3.05) is 9.80 Å². The molecule has 0 N–H and O–H groups in total. The summed E-state index contributed by atoms with van der Waals surface area (Å²) in [5.41, 5.74) is 3.04. The third-order valence-electron chi connectivity index (χ3n) is 7.64. The van der Waals surface area contributed by atoms with Crippen LogP contribution >= 0.6 is 0 Å². The molecule has 0 aliphatic carbocycles. The van der Waals surface area contributed by atoms with Crippen LogP contribution < -0.4 is 14.5 Å². The molecule has 0 amide bonds. The fourth-order valence-electron chi connectivity index (χ4n) is 6.33. The van der Waals surface area contributed by atoms with E-state index < -0.39 is 0 Å². The molecule has 4 aliphatic rings. The van der Waals surface area contributed by atoms with E-state index in [4.69, 9.17) is 4.74 Å². The number of hydrogen-bond donors (Lipinski definition) is 0. The second-order valence-electron chi connectivity index (χ2n) is 9.15. The smallest absolute Gasteiger partial charge is 0.343 e. The lowest BCUT2D eigenvalue weighted by atomic mass is 10.0. The number of ether oxygens (including phenoxy) is 1. The van der Waals surface area contributed by atoms with Crippen molar-refractivity contribution in [3.05, 3.63) is 54.1 Å². The van der Waals surface area contributed by atoms with Crippen LogP contribution in [0.5, 0.6) is 5.75 Å². The van der Waals surface area contributed by atoms with Crippen LogP contribution in [0.4, 0.5) is 11.4 Å². The van der Waals surface area contributed by atoms with Crippen LogP contribution in [0.1, 0.15) is 61.7 Å². The van der Waals surface area contributed by atoms with Crippen molar-refractivity contribution in [1.29, 1.82) is 0 Å². The first-order valence-corrected chi connectivity index (χ1v) is 11.3. The van der Waals surface area contributed by atoms with E-state index in [0.717, 1.165) is 5.69 Å². The highest BCUT2D eigenvalue weighted by atomic mass is 16.5. The molecule has 2 aromatic rings. The summed E-state index contributed by atoms with van der Waals surface area (Å²) in [6, 6.07) is 18.4. The highest BCUT2D eigenvalue weighted by molar-refractivity contribution is 5.92. The normalized spacial score (nSPS) is 29.7. The molecule has 29 heavy (non-hydrogen) atoms. The van der Waals surface area contributed by atoms with E-state index in [1.54, 1.807) is 0 Å². The quantitative estimate of drug-likeness (QED) is 0.534. The van der Waals surface area contributed by atoms with Crippen LogP contribution in [-0.2, 0) is 0 Å². The third-order valence-corrected chi connectivity index (χ3v) is 7.64. The Kier molecular flexibility index (Phi) is 4.07. The number of esters is 1. The number of nitrogens with zero attached hydrogens (tertiary/aromatic N) is 2. The van der Waals surface area contributed by atoms with Gasteiger partial charge >= 0.3 is 5.97 Å². The molecular weight excluding hydrogens is 360 g/mol. The van der Waals surface area contributed by atoms with Crippen LogP contribution in [-0.4, -0.2) is 30.1 Å². The van der Waals surface area contributed by atoms with Crippen molar-refractivity contribution in [2.24, 2.45) is 0 Å². The van der Waals surface area contributed by atoms with Crippen molar-refractivity contribution >= 4 is 17.3 Å². The number of anilines is 2. The summed E-state index contributed by atoms with van der Waals surface area (Å²) in [4.78, 5) is 18.0. The Morgan fingerprint density at radius 3 is 1.86 bits per heavy atom. The first-order chi connectivity index (χ1) is 14.3. The van der Waals surface area contributed by atoms with Gasteiger partial charge in [0.05, 0.1) is 11.3 Å². The summed E-state index contributed by atoms with van der Waals surface area (Å²) in [7, 11) is 0. The first kappa shape index (κ1) is 17.4. The SMILES string of the molecule is O=C(Oc1ccc(N2C3CCC2CC3)cc1N1C2CCC1CC2)c1ccccc1. The minimum atomic E-state index is -0.271. The van der Waals surface area contributed by atoms with E-state index in [1.165, 1.54) is 57.1 Å². The maximum absolute atomic E-state index is 12.8. The van der Waals surface area contributed by atoms with Gasteiger partial charge in [-0.1, -0.05) is 18.2 Å². The van der Waals surface area contributed by atoms with E-state index >= 15 is 0 Å². The molecule has 4 aliphatic heterocycles. The van der Waals surface area contributed by atoms with Gasteiger partial charge in [0.25, 0.3) is 0 Å². The van der Waals surface area contributed by atoms with Gasteiger partial charge < -0.3 is 14.5 Å². The molecular formula is C25H28N2O2. The standard InChI is InChI=1S/C25H28N2O2/c28-25(17-4-2-1-3-5-17)29-24-15-14-22(26-18-6-7-19(26)9-8-18)16-23(24)27-20-10-11-21(27)13-12-20/h1-5,14-16,18-21H,6-13H2. The second kappa shape index (κ2) is 6.79. The molecule has 4 nitrogen and oxygen atoms in total. The minimum absolute atomic E-state index is 0.271. The average Bonchev–Trinajstić information content (AvgIpc) is 3.55. The molecule has 150 valence electrons. The second-order valence-corrected chi connectivity index (χ2v) is 9.15. The average molecular weight is 389 g/mol. The van der Waals surface area contributed by atoms with Gasteiger partial charge in [0.1, 0.15) is 0 Å². The van der Waals surface area contributed by atoms with E-state index in [9.17, 15) is 4.79 Å². The summed E-state index contributed by atoms with van der Waals surface area (Å²) in [5.74, 6) is 0.445. The van der Waals surface area contributed by atoms with Gasteiger partial charge in [-0.2, -0.15) is 0 Å². The Balaban J connectivity index is 1.37. The molecule has 6 rings (SSSR count). The van der Waals surface area contributed by atoms with Gasteiger partial charge in [-0.15, -0.1) is 0 Å². The fourth-order valence-corrected chi connectivity index (χ4v) is 6.33. The number of carbonyl (C=O) groups is 1. The Bertz CT molecular complexity index is 888. The Hall–Kier alpha value is -2.49. The zero-order chi connectivity index (χ0) is 19.4.